The second-order valence-corrected chi connectivity index (χ2v) is 7.48. The van der Waals surface area contributed by atoms with Gasteiger partial charge in [-0.05, 0) is 59.2 Å². The van der Waals surface area contributed by atoms with Gasteiger partial charge in [-0.25, -0.2) is 4.98 Å². The van der Waals surface area contributed by atoms with Gasteiger partial charge in [-0.1, -0.05) is 0 Å². The molecule has 25 heavy (non-hydrogen) atoms. The Labute approximate surface area is 149 Å². The van der Waals surface area contributed by atoms with Crippen molar-refractivity contribution in [2.75, 3.05) is 27.2 Å². The highest BCUT2D eigenvalue weighted by atomic mass is 16.2. The minimum atomic E-state index is -0.107. The summed E-state index contributed by atoms with van der Waals surface area (Å²) < 4.78 is 1.98. The van der Waals surface area contributed by atoms with Crippen molar-refractivity contribution in [3.8, 4) is 0 Å². The molecule has 1 aliphatic carbocycles. The topological polar surface area (TPSA) is 79.3 Å². The molecule has 2 aliphatic rings. The Bertz CT molecular complexity index is 621. The van der Waals surface area contributed by atoms with Crippen LogP contribution in [-0.4, -0.2) is 59.5 Å². The number of hydrogen-bond donors (Lipinski definition) is 2. The second-order valence-electron chi connectivity index (χ2n) is 7.48. The van der Waals surface area contributed by atoms with E-state index in [1.807, 2.05) is 18.7 Å². The number of carbonyl (C=O) groups is 2. The Kier molecular flexibility index (Phi) is 5.73. The van der Waals surface area contributed by atoms with Crippen LogP contribution in [0.1, 0.15) is 48.3 Å². The first-order valence-corrected chi connectivity index (χ1v) is 9.32. The summed E-state index contributed by atoms with van der Waals surface area (Å²) in [7, 11) is 4.04. The molecule has 0 radical (unpaired) electrons. The third-order valence-corrected chi connectivity index (χ3v) is 5.20. The summed E-state index contributed by atoms with van der Waals surface area (Å²) >= 11 is 0. The second kappa shape index (κ2) is 7.99. The molecule has 2 amide bonds. The van der Waals surface area contributed by atoms with E-state index in [1.54, 1.807) is 6.33 Å². The van der Waals surface area contributed by atoms with Crippen molar-refractivity contribution in [1.82, 2.24) is 25.1 Å². The fourth-order valence-electron chi connectivity index (χ4n) is 3.42. The summed E-state index contributed by atoms with van der Waals surface area (Å²) in [6.07, 6.45) is 7.55. The molecule has 0 saturated heterocycles. The molecule has 1 aliphatic heterocycles. The minimum Gasteiger partial charge on any atom is -0.353 e. The normalized spacial score (nSPS) is 20.0. The Morgan fingerprint density at radius 3 is 2.80 bits per heavy atom. The zero-order valence-electron chi connectivity index (χ0n) is 15.3. The average molecular weight is 347 g/mol. The van der Waals surface area contributed by atoms with E-state index in [9.17, 15) is 9.59 Å². The molecule has 7 nitrogen and oxygen atoms in total. The standard InChI is InChI=1S/C18H29N5O2/c1-22(2)10-4-9-19-18(25)16-15-8-7-13(11-23(15)12-20-16)17(24)21-14-5-3-6-14/h12-14H,3-11H2,1-2H3,(H,19,25)(H,21,24). The van der Waals surface area contributed by atoms with Gasteiger partial charge in [0.25, 0.3) is 5.91 Å². The third kappa shape index (κ3) is 4.39. The number of nitrogens with zero attached hydrogens (tertiary/aromatic N) is 3. The van der Waals surface area contributed by atoms with Crippen molar-refractivity contribution < 1.29 is 9.59 Å². The monoisotopic (exact) mass is 347 g/mol. The smallest absolute Gasteiger partial charge is 0.271 e. The van der Waals surface area contributed by atoms with Gasteiger partial charge in [0.2, 0.25) is 5.91 Å². The summed E-state index contributed by atoms with van der Waals surface area (Å²) in [5.41, 5.74) is 1.47. The maximum atomic E-state index is 12.4. The van der Waals surface area contributed by atoms with E-state index in [0.717, 1.165) is 44.3 Å². The third-order valence-electron chi connectivity index (χ3n) is 5.20. The summed E-state index contributed by atoms with van der Waals surface area (Å²) in [6, 6.07) is 0.375. The number of rotatable bonds is 7. The Morgan fingerprint density at radius 2 is 2.12 bits per heavy atom. The van der Waals surface area contributed by atoms with Crippen molar-refractivity contribution in [3.63, 3.8) is 0 Å². The molecule has 1 fully saturated rings. The first-order chi connectivity index (χ1) is 12.0. The van der Waals surface area contributed by atoms with Crippen molar-refractivity contribution in [3.05, 3.63) is 17.7 Å². The molecule has 138 valence electrons. The molecule has 1 aromatic rings. The number of nitrogens with one attached hydrogen (secondary N) is 2. The van der Waals surface area contributed by atoms with Crippen LogP contribution in [0.2, 0.25) is 0 Å². The molecule has 0 bridgehead atoms. The van der Waals surface area contributed by atoms with Gasteiger partial charge >= 0.3 is 0 Å². The van der Waals surface area contributed by atoms with E-state index < -0.39 is 0 Å². The van der Waals surface area contributed by atoms with Crippen LogP contribution in [0.3, 0.4) is 0 Å². The quantitative estimate of drug-likeness (QED) is 0.715. The number of aromatic nitrogens is 2. The molecule has 1 unspecified atom stereocenters. The van der Waals surface area contributed by atoms with Crippen LogP contribution >= 0.6 is 0 Å². The first kappa shape index (κ1) is 17.9. The lowest BCUT2D eigenvalue weighted by Crippen LogP contribution is -2.44. The molecule has 1 saturated carbocycles. The van der Waals surface area contributed by atoms with Gasteiger partial charge in [0.1, 0.15) is 5.69 Å². The molecule has 1 atom stereocenters. The zero-order valence-corrected chi connectivity index (χ0v) is 15.3. The highest BCUT2D eigenvalue weighted by molar-refractivity contribution is 5.93. The number of hydrogen-bond acceptors (Lipinski definition) is 4. The fraction of sp³-hybridized carbons (Fsp3) is 0.722. The van der Waals surface area contributed by atoms with Gasteiger partial charge in [0, 0.05) is 19.1 Å². The van der Waals surface area contributed by atoms with Crippen molar-refractivity contribution in [1.29, 1.82) is 0 Å². The molecule has 0 aromatic carbocycles. The minimum absolute atomic E-state index is 0.0155. The summed E-state index contributed by atoms with van der Waals surface area (Å²) in [6.45, 7) is 2.21. The van der Waals surface area contributed by atoms with Gasteiger partial charge in [0.15, 0.2) is 0 Å². The van der Waals surface area contributed by atoms with Gasteiger partial charge < -0.3 is 20.1 Å². The maximum Gasteiger partial charge on any atom is 0.271 e. The van der Waals surface area contributed by atoms with Crippen molar-refractivity contribution in [2.24, 2.45) is 5.92 Å². The zero-order chi connectivity index (χ0) is 17.8. The van der Waals surface area contributed by atoms with Gasteiger partial charge in [-0.3, -0.25) is 9.59 Å². The largest absolute Gasteiger partial charge is 0.353 e. The predicted molar refractivity (Wildman–Crippen MR) is 95.3 cm³/mol. The van der Waals surface area contributed by atoms with Crippen LogP contribution in [0.5, 0.6) is 0 Å². The predicted octanol–water partition coefficient (Wildman–Crippen LogP) is 0.796. The fourth-order valence-corrected chi connectivity index (χ4v) is 3.42. The molecule has 2 N–H and O–H groups in total. The van der Waals surface area contributed by atoms with Crippen LogP contribution in [0.15, 0.2) is 6.33 Å². The summed E-state index contributed by atoms with van der Waals surface area (Å²) in [5.74, 6) is 0.0296. The highest BCUT2D eigenvalue weighted by Gasteiger charge is 2.30. The molecule has 2 heterocycles. The molecular formula is C18H29N5O2. The lowest BCUT2D eigenvalue weighted by molar-refractivity contribution is -0.127. The SMILES string of the molecule is CN(C)CCCNC(=O)c1ncn2c1CCC(C(=O)NC1CCC1)C2. The van der Waals surface area contributed by atoms with Crippen LogP contribution in [-0.2, 0) is 17.8 Å². The van der Waals surface area contributed by atoms with E-state index in [0.29, 0.717) is 24.8 Å². The lowest BCUT2D eigenvalue weighted by atomic mass is 9.91. The molecular weight excluding hydrogens is 318 g/mol. The molecule has 0 spiro atoms. The number of fused-ring (bicyclic) bond motifs is 1. The van der Waals surface area contributed by atoms with Crippen molar-refractivity contribution in [2.45, 2.75) is 51.1 Å². The lowest BCUT2D eigenvalue weighted by Gasteiger charge is -2.30. The average Bonchev–Trinajstić information content (AvgIpc) is 2.97. The molecule has 1 aromatic heterocycles. The van der Waals surface area contributed by atoms with Crippen LogP contribution in [0.4, 0.5) is 0 Å². The van der Waals surface area contributed by atoms with E-state index in [2.05, 4.69) is 20.5 Å². The highest BCUT2D eigenvalue weighted by Crippen LogP contribution is 2.24. The summed E-state index contributed by atoms with van der Waals surface area (Å²) in [5, 5.41) is 6.08. The van der Waals surface area contributed by atoms with E-state index in [4.69, 9.17) is 0 Å². The number of carbonyl (C=O) groups excluding carboxylic acids is 2. The number of amides is 2. The first-order valence-electron chi connectivity index (χ1n) is 9.32. The van der Waals surface area contributed by atoms with Crippen LogP contribution < -0.4 is 10.6 Å². The van der Waals surface area contributed by atoms with E-state index in [-0.39, 0.29) is 17.7 Å². The Balaban J connectivity index is 1.52. The molecule has 3 rings (SSSR count). The number of imidazole rings is 1. The Hall–Kier alpha value is -1.89. The van der Waals surface area contributed by atoms with Crippen molar-refractivity contribution >= 4 is 11.8 Å². The summed E-state index contributed by atoms with van der Waals surface area (Å²) in [4.78, 5) is 31.1. The van der Waals surface area contributed by atoms with Gasteiger partial charge in [0.05, 0.1) is 17.9 Å². The van der Waals surface area contributed by atoms with Gasteiger partial charge in [-0.15, -0.1) is 0 Å². The molecule has 7 heteroatoms. The van der Waals surface area contributed by atoms with Crippen LogP contribution in [0, 0.1) is 5.92 Å². The van der Waals surface area contributed by atoms with Gasteiger partial charge in [-0.2, -0.15) is 0 Å². The van der Waals surface area contributed by atoms with Crippen LogP contribution in [0.25, 0.3) is 0 Å². The maximum absolute atomic E-state index is 12.4. The Morgan fingerprint density at radius 1 is 1.32 bits per heavy atom. The van der Waals surface area contributed by atoms with E-state index >= 15 is 0 Å². The van der Waals surface area contributed by atoms with E-state index in [1.165, 1.54) is 6.42 Å².